The van der Waals surface area contributed by atoms with Crippen LogP contribution in [0.4, 0.5) is 22.7 Å². The number of aryl methyl sites for hydroxylation is 4. The molecule has 0 heterocycles. The lowest BCUT2D eigenvalue weighted by molar-refractivity contribution is 1.10. The van der Waals surface area contributed by atoms with E-state index >= 15 is 0 Å². The molecule has 2 aromatic rings. The standard InChI is InChI=1S/C10H16N2.C8H12N2/c1-3-7-5-9(11)6-8(4-2)10(7)12;1-5-3-7(9)4-6(2)8(5)10/h5-6H,3-4,11-12H2,1-2H3;3-4H,9-10H2,1-2H3. The van der Waals surface area contributed by atoms with E-state index in [1.807, 2.05) is 38.1 Å². The molecule has 0 radical (unpaired) electrons. The van der Waals surface area contributed by atoms with Crippen LogP contribution in [0.5, 0.6) is 0 Å². The van der Waals surface area contributed by atoms with Gasteiger partial charge in [0, 0.05) is 22.7 Å². The average molecular weight is 300 g/mol. The number of hydrogen-bond donors (Lipinski definition) is 4. The monoisotopic (exact) mass is 300 g/mol. The molecule has 0 bridgehead atoms. The van der Waals surface area contributed by atoms with Gasteiger partial charge in [0.15, 0.2) is 0 Å². The largest absolute Gasteiger partial charge is 0.399 e. The van der Waals surface area contributed by atoms with E-state index in [0.29, 0.717) is 0 Å². The minimum atomic E-state index is 0.782. The highest BCUT2D eigenvalue weighted by Crippen LogP contribution is 2.22. The lowest BCUT2D eigenvalue weighted by Gasteiger charge is -2.09. The minimum absolute atomic E-state index is 0.782. The Hall–Kier alpha value is -2.36. The van der Waals surface area contributed by atoms with Gasteiger partial charge in [-0.3, -0.25) is 0 Å². The summed E-state index contributed by atoms with van der Waals surface area (Å²) >= 11 is 0. The van der Waals surface area contributed by atoms with Gasteiger partial charge < -0.3 is 22.9 Å². The average Bonchev–Trinajstić information content (AvgIpc) is 2.47. The zero-order valence-corrected chi connectivity index (χ0v) is 14.0. The fraction of sp³-hybridized carbons (Fsp3) is 0.333. The van der Waals surface area contributed by atoms with Gasteiger partial charge in [0.05, 0.1) is 0 Å². The zero-order valence-electron chi connectivity index (χ0n) is 14.0. The summed E-state index contributed by atoms with van der Waals surface area (Å²) in [4.78, 5) is 0. The third-order valence-electron chi connectivity index (χ3n) is 3.75. The Balaban J connectivity index is 0.000000224. The second-order valence-corrected chi connectivity index (χ2v) is 5.53. The normalized spacial score (nSPS) is 10.0. The maximum Gasteiger partial charge on any atom is 0.0380 e. The Bertz CT molecular complexity index is 600. The molecule has 2 rings (SSSR count). The summed E-state index contributed by atoms with van der Waals surface area (Å²) in [6, 6.07) is 7.66. The highest BCUT2D eigenvalue weighted by atomic mass is 14.6. The Morgan fingerprint density at radius 3 is 1.36 bits per heavy atom. The molecule has 0 fully saturated rings. The predicted molar refractivity (Wildman–Crippen MR) is 98.8 cm³/mol. The van der Waals surface area contributed by atoms with Crippen LogP contribution in [0.2, 0.25) is 0 Å². The third kappa shape index (κ3) is 4.32. The van der Waals surface area contributed by atoms with E-state index in [2.05, 4.69) is 13.8 Å². The summed E-state index contributed by atoms with van der Waals surface area (Å²) in [6.45, 7) is 8.09. The molecule has 0 unspecified atom stereocenters. The lowest BCUT2D eigenvalue weighted by Crippen LogP contribution is -2.00. The fourth-order valence-corrected chi connectivity index (χ4v) is 2.40. The maximum atomic E-state index is 5.92. The molecular weight excluding hydrogens is 272 g/mol. The van der Waals surface area contributed by atoms with Crippen molar-refractivity contribution < 1.29 is 0 Å². The van der Waals surface area contributed by atoms with E-state index in [1.54, 1.807) is 0 Å². The number of nitrogen functional groups attached to an aromatic ring is 4. The first-order valence-electron chi connectivity index (χ1n) is 7.59. The number of rotatable bonds is 2. The van der Waals surface area contributed by atoms with E-state index in [0.717, 1.165) is 57.8 Å². The van der Waals surface area contributed by atoms with Crippen molar-refractivity contribution in [1.29, 1.82) is 0 Å². The van der Waals surface area contributed by atoms with Gasteiger partial charge in [0.1, 0.15) is 0 Å². The molecule has 0 atom stereocenters. The second-order valence-electron chi connectivity index (χ2n) is 5.53. The number of nitrogens with two attached hydrogens (primary N) is 4. The number of benzene rings is 2. The molecule has 0 aromatic heterocycles. The first-order valence-corrected chi connectivity index (χ1v) is 7.59. The Labute approximate surface area is 133 Å². The third-order valence-corrected chi connectivity index (χ3v) is 3.75. The quantitative estimate of drug-likeness (QED) is 0.638. The molecule has 0 amide bonds. The van der Waals surface area contributed by atoms with Crippen molar-refractivity contribution in [2.75, 3.05) is 22.9 Å². The summed E-state index contributed by atoms with van der Waals surface area (Å²) in [7, 11) is 0. The van der Waals surface area contributed by atoms with Gasteiger partial charge in [-0.05, 0) is 73.2 Å². The van der Waals surface area contributed by atoms with Gasteiger partial charge in [0.25, 0.3) is 0 Å². The molecule has 0 aliphatic heterocycles. The van der Waals surface area contributed by atoms with Crippen molar-refractivity contribution in [1.82, 2.24) is 0 Å². The summed E-state index contributed by atoms with van der Waals surface area (Å²) in [5.41, 5.74) is 30.7. The first-order chi connectivity index (χ1) is 10.3. The summed E-state index contributed by atoms with van der Waals surface area (Å²) in [5.74, 6) is 0. The molecule has 2 aromatic carbocycles. The SMILES string of the molecule is CCc1cc(N)cc(CC)c1N.Cc1cc(N)cc(C)c1N. The van der Waals surface area contributed by atoms with Crippen LogP contribution in [-0.2, 0) is 12.8 Å². The zero-order chi connectivity index (χ0) is 16.9. The molecule has 0 saturated heterocycles. The van der Waals surface area contributed by atoms with Crippen LogP contribution in [0.15, 0.2) is 24.3 Å². The van der Waals surface area contributed by atoms with Crippen LogP contribution in [0.1, 0.15) is 36.1 Å². The summed E-state index contributed by atoms with van der Waals surface area (Å²) in [5, 5.41) is 0. The maximum absolute atomic E-state index is 5.92. The van der Waals surface area contributed by atoms with Crippen LogP contribution in [0.25, 0.3) is 0 Å². The first kappa shape index (κ1) is 17.7. The molecule has 22 heavy (non-hydrogen) atoms. The fourth-order valence-electron chi connectivity index (χ4n) is 2.40. The summed E-state index contributed by atoms with van der Waals surface area (Å²) < 4.78 is 0. The van der Waals surface area contributed by atoms with Crippen molar-refractivity contribution in [3.8, 4) is 0 Å². The number of hydrogen-bond acceptors (Lipinski definition) is 4. The van der Waals surface area contributed by atoms with E-state index in [-0.39, 0.29) is 0 Å². The van der Waals surface area contributed by atoms with Crippen molar-refractivity contribution in [2.24, 2.45) is 0 Å². The molecular formula is C18H28N4. The van der Waals surface area contributed by atoms with Gasteiger partial charge in [-0.15, -0.1) is 0 Å². The Morgan fingerprint density at radius 1 is 0.636 bits per heavy atom. The van der Waals surface area contributed by atoms with Gasteiger partial charge in [0.2, 0.25) is 0 Å². The van der Waals surface area contributed by atoms with Crippen LogP contribution in [-0.4, -0.2) is 0 Å². The second kappa shape index (κ2) is 7.59. The topological polar surface area (TPSA) is 104 Å². The smallest absolute Gasteiger partial charge is 0.0380 e. The van der Waals surface area contributed by atoms with Crippen LogP contribution in [0.3, 0.4) is 0 Å². The van der Waals surface area contributed by atoms with Crippen molar-refractivity contribution in [3.05, 3.63) is 46.5 Å². The Kier molecular flexibility index (Phi) is 6.11. The van der Waals surface area contributed by atoms with Crippen molar-refractivity contribution in [2.45, 2.75) is 40.5 Å². The molecule has 0 spiro atoms. The highest BCUT2D eigenvalue weighted by molar-refractivity contribution is 5.61. The minimum Gasteiger partial charge on any atom is -0.399 e. The van der Waals surface area contributed by atoms with Crippen LogP contribution < -0.4 is 22.9 Å². The summed E-state index contributed by atoms with van der Waals surface area (Å²) in [6.07, 6.45) is 1.90. The van der Waals surface area contributed by atoms with Gasteiger partial charge in [-0.2, -0.15) is 0 Å². The Morgan fingerprint density at radius 2 is 1.00 bits per heavy atom. The van der Waals surface area contributed by atoms with Crippen LogP contribution in [0, 0.1) is 13.8 Å². The predicted octanol–water partition coefficient (Wildman–Crippen LogP) is 3.44. The van der Waals surface area contributed by atoms with E-state index in [1.165, 1.54) is 0 Å². The highest BCUT2D eigenvalue weighted by Gasteiger charge is 2.03. The number of anilines is 4. The van der Waals surface area contributed by atoms with E-state index in [9.17, 15) is 0 Å². The lowest BCUT2D eigenvalue weighted by atomic mass is 10.0. The molecule has 0 aliphatic rings. The van der Waals surface area contributed by atoms with Gasteiger partial charge in [-0.25, -0.2) is 0 Å². The molecule has 8 N–H and O–H groups in total. The van der Waals surface area contributed by atoms with Gasteiger partial charge in [-0.1, -0.05) is 13.8 Å². The van der Waals surface area contributed by atoms with Crippen molar-refractivity contribution in [3.63, 3.8) is 0 Å². The van der Waals surface area contributed by atoms with E-state index in [4.69, 9.17) is 22.9 Å². The van der Waals surface area contributed by atoms with Gasteiger partial charge >= 0.3 is 0 Å². The van der Waals surface area contributed by atoms with E-state index < -0.39 is 0 Å². The molecule has 0 aliphatic carbocycles. The van der Waals surface area contributed by atoms with Crippen molar-refractivity contribution >= 4 is 22.7 Å². The molecule has 0 saturated carbocycles. The molecule has 4 nitrogen and oxygen atoms in total. The molecule has 120 valence electrons. The van der Waals surface area contributed by atoms with Crippen LogP contribution >= 0.6 is 0 Å². The molecule has 4 heteroatoms.